The molecule has 1 fully saturated rings. The van der Waals surface area contributed by atoms with Crippen molar-refractivity contribution in [2.24, 2.45) is 0 Å². The molecule has 1 aromatic heterocycles. The third-order valence-electron chi connectivity index (χ3n) is 4.87. The molecule has 1 saturated carbocycles. The summed E-state index contributed by atoms with van der Waals surface area (Å²) < 4.78 is 11.4. The van der Waals surface area contributed by atoms with Gasteiger partial charge in [0.05, 0.1) is 0 Å². The van der Waals surface area contributed by atoms with Gasteiger partial charge in [-0.3, -0.25) is 0 Å². The van der Waals surface area contributed by atoms with E-state index in [0.717, 1.165) is 18.0 Å². The first kappa shape index (κ1) is 14.3. The van der Waals surface area contributed by atoms with Crippen molar-refractivity contribution >= 4 is 5.95 Å². The van der Waals surface area contributed by atoms with Crippen molar-refractivity contribution in [2.75, 3.05) is 25.1 Å². The molecule has 0 unspecified atom stereocenters. The average molecular weight is 311 g/mol. The molecule has 1 aromatic carbocycles. The monoisotopic (exact) mass is 311 g/mol. The number of ether oxygens (including phenoxy) is 2. The molecule has 0 radical (unpaired) electrons. The zero-order chi connectivity index (χ0) is 15.5. The molecule has 4 rings (SSSR count). The van der Waals surface area contributed by atoms with Crippen LogP contribution in [0, 0.1) is 0 Å². The van der Waals surface area contributed by atoms with Crippen molar-refractivity contribution in [1.82, 2.24) is 9.97 Å². The molecule has 23 heavy (non-hydrogen) atoms. The third-order valence-corrected chi connectivity index (χ3v) is 4.87. The number of benzene rings is 1. The third kappa shape index (κ3) is 2.83. The maximum atomic E-state index is 5.76. The van der Waals surface area contributed by atoms with Crippen LogP contribution in [0.3, 0.4) is 0 Å². The van der Waals surface area contributed by atoms with Crippen LogP contribution in [0.5, 0.6) is 11.5 Å². The number of anilines is 1. The van der Waals surface area contributed by atoms with Gasteiger partial charge in [0.15, 0.2) is 11.5 Å². The molecule has 5 nitrogen and oxygen atoms in total. The summed E-state index contributed by atoms with van der Waals surface area (Å²) in [7, 11) is 0. The largest absolute Gasteiger partial charge is 0.486 e. The molecule has 2 aliphatic rings. The molecule has 0 spiro atoms. The van der Waals surface area contributed by atoms with Gasteiger partial charge in [-0.15, -0.1) is 0 Å². The summed E-state index contributed by atoms with van der Waals surface area (Å²) in [5, 5.41) is 3.41. The predicted octanol–water partition coefficient (Wildman–Crippen LogP) is 3.17. The van der Waals surface area contributed by atoms with Gasteiger partial charge in [-0.25, -0.2) is 9.97 Å². The number of hydrogen-bond donors (Lipinski definition) is 1. The zero-order valence-electron chi connectivity index (χ0n) is 13.1. The fraction of sp³-hybridized carbons (Fsp3) is 0.444. The lowest BCUT2D eigenvalue weighted by atomic mass is 9.78. The molecule has 1 aliphatic heterocycles. The van der Waals surface area contributed by atoms with Crippen molar-refractivity contribution in [2.45, 2.75) is 31.1 Å². The van der Waals surface area contributed by atoms with Gasteiger partial charge in [0.2, 0.25) is 5.95 Å². The maximum Gasteiger partial charge on any atom is 0.222 e. The normalized spacial score (nSPS) is 18.6. The topological polar surface area (TPSA) is 56.3 Å². The van der Waals surface area contributed by atoms with Crippen molar-refractivity contribution < 1.29 is 9.47 Å². The molecular weight excluding hydrogens is 290 g/mol. The van der Waals surface area contributed by atoms with Gasteiger partial charge in [0.1, 0.15) is 13.2 Å². The summed E-state index contributed by atoms with van der Waals surface area (Å²) in [5.41, 5.74) is 1.44. The van der Waals surface area contributed by atoms with E-state index in [0.29, 0.717) is 19.2 Å². The average Bonchev–Trinajstić information content (AvgIpc) is 3.11. The van der Waals surface area contributed by atoms with Crippen LogP contribution in [-0.2, 0) is 5.41 Å². The molecule has 0 atom stereocenters. The minimum atomic E-state index is 0.120. The number of nitrogens with zero attached hydrogens (tertiary/aromatic N) is 2. The summed E-state index contributed by atoms with van der Waals surface area (Å²) in [6, 6.07) is 8.22. The fourth-order valence-electron chi connectivity index (χ4n) is 3.63. The molecule has 5 heteroatoms. The smallest absolute Gasteiger partial charge is 0.222 e. The Morgan fingerprint density at radius 1 is 1.00 bits per heavy atom. The molecule has 1 aliphatic carbocycles. The second-order valence-electron chi connectivity index (χ2n) is 6.27. The van der Waals surface area contributed by atoms with Crippen LogP contribution >= 0.6 is 0 Å². The molecule has 2 heterocycles. The lowest BCUT2D eigenvalue weighted by molar-refractivity contribution is 0.171. The number of rotatable bonds is 4. The molecule has 1 N–H and O–H groups in total. The summed E-state index contributed by atoms with van der Waals surface area (Å²) >= 11 is 0. The Hall–Kier alpha value is -2.30. The van der Waals surface area contributed by atoms with E-state index < -0.39 is 0 Å². The number of fused-ring (bicyclic) bond motifs is 1. The lowest BCUT2D eigenvalue weighted by Crippen LogP contribution is -2.32. The first-order valence-corrected chi connectivity index (χ1v) is 8.27. The highest BCUT2D eigenvalue weighted by atomic mass is 16.6. The van der Waals surface area contributed by atoms with E-state index in [4.69, 9.17) is 9.47 Å². The Labute approximate surface area is 136 Å². The van der Waals surface area contributed by atoms with E-state index in [2.05, 4.69) is 27.4 Å². The SMILES string of the molecule is c1cnc(NCC2(c3ccc4c(c3)OCCO4)CCCC2)nc1. The molecular formula is C18H21N3O2. The zero-order valence-corrected chi connectivity index (χ0v) is 13.1. The maximum absolute atomic E-state index is 5.76. The first-order valence-electron chi connectivity index (χ1n) is 8.27. The molecule has 2 aromatic rings. The van der Waals surface area contributed by atoms with E-state index in [1.165, 1.54) is 31.2 Å². The highest BCUT2D eigenvalue weighted by molar-refractivity contribution is 5.47. The van der Waals surface area contributed by atoms with Crippen molar-refractivity contribution in [3.8, 4) is 11.5 Å². The van der Waals surface area contributed by atoms with Gasteiger partial charge in [0, 0.05) is 24.4 Å². The van der Waals surface area contributed by atoms with Crippen LogP contribution < -0.4 is 14.8 Å². The molecule has 0 saturated heterocycles. The van der Waals surface area contributed by atoms with Crippen LogP contribution in [0.25, 0.3) is 0 Å². The Morgan fingerprint density at radius 2 is 1.74 bits per heavy atom. The Balaban J connectivity index is 1.59. The van der Waals surface area contributed by atoms with Gasteiger partial charge in [-0.1, -0.05) is 18.9 Å². The second kappa shape index (κ2) is 6.07. The van der Waals surface area contributed by atoms with Gasteiger partial charge >= 0.3 is 0 Å². The minimum absolute atomic E-state index is 0.120. The van der Waals surface area contributed by atoms with Crippen molar-refractivity contribution in [3.05, 3.63) is 42.2 Å². The fourth-order valence-corrected chi connectivity index (χ4v) is 3.63. The summed E-state index contributed by atoms with van der Waals surface area (Å²) in [6.07, 6.45) is 8.39. The van der Waals surface area contributed by atoms with Gasteiger partial charge < -0.3 is 14.8 Å². The second-order valence-corrected chi connectivity index (χ2v) is 6.27. The predicted molar refractivity (Wildman–Crippen MR) is 88.1 cm³/mol. The molecule has 0 bridgehead atoms. The van der Waals surface area contributed by atoms with Gasteiger partial charge in [0.25, 0.3) is 0 Å². The van der Waals surface area contributed by atoms with E-state index >= 15 is 0 Å². The highest BCUT2D eigenvalue weighted by Gasteiger charge is 2.36. The van der Waals surface area contributed by atoms with Crippen LogP contribution in [0.15, 0.2) is 36.7 Å². The number of hydrogen-bond acceptors (Lipinski definition) is 5. The van der Waals surface area contributed by atoms with Crippen LogP contribution in [-0.4, -0.2) is 29.7 Å². The first-order chi connectivity index (χ1) is 11.4. The Bertz CT molecular complexity index is 669. The van der Waals surface area contributed by atoms with E-state index in [9.17, 15) is 0 Å². The van der Waals surface area contributed by atoms with Crippen molar-refractivity contribution in [3.63, 3.8) is 0 Å². The van der Waals surface area contributed by atoms with E-state index in [-0.39, 0.29) is 5.41 Å². The molecule has 0 amide bonds. The quantitative estimate of drug-likeness (QED) is 0.940. The number of aromatic nitrogens is 2. The van der Waals surface area contributed by atoms with Crippen LogP contribution in [0.2, 0.25) is 0 Å². The van der Waals surface area contributed by atoms with E-state index in [1.54, 1.807) is 12.4 Å². The van der Waals surface area contributed by atoms with E-state index in [1.807, 2.05) is 12.1 Å². The summed E-state index contributed by atoms with van der Waals surface area (Å²) in [6.45, 7) is 2.10. The minimum Gasteiger partial charge on any atom is -0.486 e. The van der Waals surface area contributed by atoms with Gasteiger partial charge in [-0.05, 0) is 36.6 Å². The Kier molecular flexibility index (Phi) is 3.77. The molecule has 120 valence electrons. The lowest BCUT2D eigenvalue weighted by Gasteiger charge is -2.31. The summed E-state index contributed by atoms with van der Waals surface area (Å²) in [5.74, 6) is 2.42. The highest BCUT2D eigenvalue weighted by Crippen LogP contribution is 2.44. The number of nitrogens with one attached hydrogen (secondary N) is 1. The summed E-state index contributed by atoms with van der Waals surface area (Å²) in [4.78, 5) is 8.54. The van der Waals surface area contributed by atoms with Crippen LogP contribution in [0.1, 0.15) is 31.2 Å². The van der Waals surface area contributed by atoms with Gasteiger partial charge in [-0.2, -0.15) is 0 Å². The Morgan fingerprint density at radius 3 is 2.52 bits per heavy atom. The standard InChI is InChI=1S/C18H21N3O2/c1-2-7-18(6-1,13-21-17-19-8-3-9-20-17)14-4-5-15-16(12-14)23-11-10-22-15/h3-5,8-9,12H,1-2,6-7,10-11,13H2,(H,19,20,21). The van der Waals surface area contributed by atoms with Crippen molar-refractivity contribution in [1.29, 1.82) is 0 Å². The van der Waals surface area contributed by atoms with Crippen LogP contribution in [0.4, 0.5) is 5.95 Å².